The van der Waals surface area contributed by atoms with Gasteiger partial charge < -0.3 is 25.0 Å². The van der Waals surface area contributed by atoms with Crippen molar-refractivity contribution in [3.8, 4) is 11.5 Å². The highest BCUT2D eigenvalue weighted by Crippen LogP contribution is 2.32. The van der Waals surface area contributed by atoms with E-state index < -0.39 is 0 Å². The van der Waals surface area contributed by atoms with Crippen molar-refractivity contribution in [2.24, 2.45) is 0 Å². The minimum Gasteiger partial charge on any atom is -0.454 e. The van der Waals surface area contributed by atoms with Gasteiger partial charge in [0.1, 0.15) is 5.82 Å². The summed E-state index contributed by atoms with van der Waals surface area (Å²) in [6.45, 7) is 6.11. The molecular weight excluding hydrogens is 374 g/mol. The second kappa shape index (κ2) is 8.18. The van der Waals surface area contributed by atoms with Gasteiger partial charge in [0.15, 0.2) is 16.6 Å². The Kier molecular flexibility index (Phi) is 5.47. The first-order valence-electron chi connectivity index (χ1n) is 9.64. The molecule has 0 aliphatic carbocycles. The monoisotopic (exact) mass is 399 g/mol. The highest BCUT2D eigenvalue weighted by Gasteiger charge is 2.20. The maximum Gasteiger partial charge on any atom is 0.231 e. The normalized spacial score (nSPS) is 18.1. The molecule has 2 aliphatic rings. The summed E-state index contributed by atoms with van der Waals surface area (Å²) < 4.78 is 10.7. The highest BCUT2D eigenvalue weighted by atomic mass is 32.1. The molecule has 1 aromatic heterocycles. The van der Waals surface area contributed by atoms with Crippen LogP contribution in [0.2, 0.25) is 0 Å². The molecule has 0 bridgehead atoms. The lowest BCUT2D eigenvalue weighted by Crippen LogP contribution is -2.38. The van der Waals surface area contributed by atoms with Gasteiger partial charge in [-0.25, -0.2) is 4.98 Å². The number of ether oxygens (including phenoxy) is 2. The van der Waals surface area contributed by atoms with E-state index in [-0.39, 0.29) is 6.79 Å². The Labute approximate surface area is 170 Å². The van der Waals surface area contributed by atoms with Gasteiger partial charge >= 0.3 is 0 Å². The molecule has 1 atom stereocenters. The van der Waals surface area contributed by atoms with Gasteiger partial charge in [-0.3, -0.25) is 0 Å². The lowest BCUT2D eigenvalue weighted by molar-refractivity contribution is 0.174. The Morgan fingerprint density at radius 1 is 1.21 bits per heavy atom. The van der Waals surface area contributed by atoms with Crippen LogP contribution in [0.4, 0.5) is 11.8 Å². The second-order valence-corrected chi connectivity index (χ2v) is 7.63. The van der Waals surface area contributed by atoms with Crippen molar-refractivity contribution in [3.63, 3.8) is 0 Å². The third kappa shape index (κ3) is 4.27. The smallest absolute Gasteiger partial charge is 0.231 e. The zero-order valence-electron chi connectivity index (χ0n) is 16.2. The van der Waals surface area contributed by atoms with E-state index in [1.807, 2.05) is 31.2 Å². The number of rotatable bonds is 4. The van der Waals surface area contributed by atoms with Gasteiger partial charge in [-0.2, -0.15) is 4.98 Å². The molecule has 0 saturated carbocycles. The fraction of sp³-hybridized carbons (Fsp3) is 0.450. The van der Waals surface area contributed by atoms with Crippen LogP contribution in [-0.2, 0) is 6.54 Å². The van der Waals surface area contributed by atoms with E-state index in [0.29, 0.717) is 23.6 Å². The first kappa shape index (κ1) is 18.7. The SMILES string of the molecule is Cc1cc(N2CCCC[C@H]2C)nc(NC(=S)NCc2ccc3c(c2)OCO3)n1. The molecule has 4 rings (SSSR count). The van der Waals surface area contributed by atoms with Crippen molar-refractivity contribution in [2.75, 3.05) is 23.6 Å². The number of fused-ring (bicyclic) bond motifs is 1. The van der Waals surface area contributed by atoms with Gasteiger partial charge in [-0.1, -0.05) is 6.07 Å². The van der Waals surface area contributed by atoms with Crippen LogP contribution in [0.15, 0.2) is 24.3 Å². The number of nitrogens with zero attached hydrogens (tertiary/aromatic N) is 3. The van der Waals surface area contributed by atoms with Gasteiger partial charge in [-0.05, 0) is 63.0 Å². The zero-order chi connectivity index (χ0) is 19.5. The molecule has 7 nitrogen and oxygen atoms in total. The van der Waals surface area contributed by atoms with Crippen LogP contribution in [0.25, 0.3) is 0 Å². The second-order valence-electron chi connectivity index (χ2n) is 7.22. The number of thiocarbonyl (C=S) groups is 1. The number of hydrogen-bond acceptors (Lipinski definition) is 6. The van der Waals surface area contributed by atoms with Crippen LogP contribution in [-0.4, -0.2) is 34.5 Å². The highest BCUT2D eigenvalue weighted by molar-refractivity contribution is 7.80. The fourth-order valence-corrected chi connectivity index (χ4v) is 3.74. The Balaban J connectivity index is 1.38. The maximum atomic E-state index is 5.43. The summed E-state index contributed by atoms with van der Waals surface area (Å²) in [6.07, 6.45) is 3.67. The zero-order valence-corrected chi connectivity index (χ0v) is 17.0. The minimum atomic E-state index is 0.273. The minimum absolute atomic E-state index is 0.273. The van der Waals surface area contributed by atoms with Crippen LogP contribution < -0.4 is 25.0 Å². The number of anilines is 2. The van der Waals surface area contributed by atoms with Crippen LogP contribution in [0.1, 0.15) is 37.4 Å². The number of benzene rings is 1. The van der Waals surface area contributed by atoms with Crippen LogP contribution in [0, 0.1) is 6.92 Å². The van der Waals surface area contributed by atoms with Crippen molar-refractivity contribution >= 4 is 29.1 Å². The van der Waals surface area contributed by atoms with Crippen LogP contribution >= 0.6 is 12.2 Å². The summed E-state index contributed by atoms with van der Waals surface area (Å²) in [5.74, 6) is 3.02. The molecule has 0 amide bonds. The molecule has 2 aromatic rings. The number of nitrogens with one attached hydrogen (secondary N) is 2. The molecular formula is C20H25N5O2S. The average Bonchev–Trinajstić information content (AvgIpc) is 3.14. The molecule has 0 unspecified atom stereocenters. The molecule has 8 heteroatoms. The van der Waals surface area contributed by atoms with Crippen molar-refractivity contribution in [1.82, 2.24) is 15.3 Å². The molecule has 0 radical (unpaired) electrons. The van der Waals surface area contributed by atoms with Gasteiger partial charge in [0.2, 0.25) is 12.7 Å². The molecule has 2 N–H and O–H groups in total. The van der Waals surface area contributed by atoms with Crippen molar-refractivity contribution in [1.29, 1.82) is 0 Å². The summed E-state index contributed by atoms with van der Waals surface area (Å²) in [4.78, 5) is 11.5. The van der Waals surface area contributed by atoms with Crippen molar-refractivity contribution in [3.05, 3.63) is 35.5 Å². The van der Waals surface area contributed by atoms with E-state index in [9.17, 15) is 0 Å². The van der Waals surface area contributed by atoms with Crippen molar-refractivity contribution in [2.45, 2.75) is 45.7 Å². The summed E-state index contributed by atoms with van der Waals surface area (Å²) in [6, 6.07) is 8.38. The lowest BCUT2D eigenvalue weighted by Gasteiger charge is -2.34. The largest absolute Gasteiger partial charge is 0.454 e. The number of aromatic nitrogens is 2. The average molecular weight is 400 g/mol. The lowest BCUT2D eigenvalue weighted by atomic mass is 10.0. The Morgan fingerprint density at radius 2 is 2.07 bits per heavy atom. The quantitative estimate of drug-likeness (QED) is 0.759. The topological polar surface area (TPSA) is 71.5 Å². The first-order chi connectivity index (χ1) is 13.6. The predicted octanol–water partition coefficient (Wildman–Crippen LogP) is 3.38. The van der Waals surface area contributed by atoms with Gasteiger partial charge in [0, 0.05) is 30.9 Å². The summed E-state index contributed by atoms with van der Waals surface area (Å²) in [7, 11) is 0. The Morgan fingerprint density at radius 3 is 2.93 bits per heavy atom. The molecule has 1 fully saturated rings. The summed E-state index contributed by atoms with van der Waals surface area (Å²) >= 11 is 5.43. The molecule has 0 spiro atoms. The predicted molar refractivity (Wildman–Crippen MR) is 113 cm³/mol. The fourth-order valence-electron chi connectivity index (χ4n) is 3.57. The standard InChI is InChI=1S/C20H25N5O2S/c1-13-9-18(25-8-4-3-5-14(25)2)23-19(22-13)24-20(28)21-11-15-6-7-16-17(10-15)27-12-26-16/h6-7,9-10,14H,3-5,8,11-12H2,1-2H3,(H2,21,22,23,24,28)/t14-/m1/s1. The number of hydrogen-bond donors (Lipinski definition) is 2. The number of piperidine rings is 1. The van der Waals surface area contributed by atoms with Crippen molar-refractivity contribution < 1.29 is 9.47 Å². The Hall–Kier alpha value is -2.61. The van der Waals surface area contributed by atoms with Crippen LogP contribution in [0.5, 0.6) is 11.5 Å². The molecule has 28 heavy (non-hydrogen) atoms. The van der Waals surface area contributed by atoms with E-state index in [1.54, 1.807) is 0 Å². The third-order valence-corrected chi connectivity index (χ3v) is 5.30. The van der Waals surface area contributed by atoms with Gasteiger partial charge in [0.25, 0.3) is 0 Å². The Bertz CT molecular complexity index is 876. The van der Waals surface area contributed by atoms with Gasteiger partial charge in [0.05, 0.1) is 0 Å². The van der Waals surface area contributed by atoms with Crippen LogP contribution in [0.3, 0.4) is 0 Å². The molecule has 3 heterocycles. The molecule has 1 aromatic carbocycles. The number of aryl methyl sites for hydroxylation is 1. The molecule has 148 valence electrons. The molecule has 2 aliphatic heterocycles. The van der Waals surface area contributed by atoms with E-state index in [1.165, 1.54) is 19.3 Å². The first-order valence-corrected chi connectivity index (χ1v) is 10.0. The summed E-state index contributed by atoms with van der Waals surface area (Å²) in [5, 5.41) is 6.80. The molecule has 1 saturated heterocycles. The van der Waals surface area contributed by atoms with E-state index >= 15 is 0 Å². The van der Waals surface area contributed by atoms with Gasteiger partial charge in [-0.15, -0.1) is 0 Å². The van der Waals surface area contributed by atoms with E-state index in [0.717, 1.165) is 35.1 Å². The third-order valence-electron chi connectivity index (χ3n) is 5.05. The van der Waals surface area contributed by atoms with E-state index in [4.69, 9.17) is 21.7 Å². The maximum absolute atomic E-state index is 5.43. The summed E-state index contributed by atoms with van der Waals surface area (Å²) in [5.41, 5.74) is 1.98. The van der Waals surface area contributed by atoms with E-state index in [2.05, 4.69) is 32.4 Å².